The number of rotatable bonds is 18. The first kappa shape index (κ1) is 40.7. The van der Waals surface area contributed by atoms with Crippen molar-refractivity contribution >= 4 is 103 Å². The van der Waals surface area contributed by atoms with Gasteiger partial charge in [0.05, 0.1) is 12.1 Å². The summed E-state index contributed by atoms with van der Waals surface area (Å²) in [5.74, 6) is 0.665. The number of phenols is 2. The van der Waals surface area contributed by atoms with E-state index in [9.17, 15) is 10.2 Å². The molecule has 0 spiro atoms. The van der Waals surface area contributed by atoms with Crippen LogP contribution in [0.2, 0.25) is 0 Å². The van der Waals surface area contributed by atoms with Crippen LogP contribution in [-0.4, -0.2) is 52.4 Å². The number of aromatic hydroxyl groups is 2. The zero-order valence-corrected chi connectivity index (χ0v) is 36.9. The Morgan fingerprint density at radius 1 is 0.630 bits per heavy atom. The van der Waals surface area contributed by atoms with E-state index < -0.39 is 0 Å². The fourth-order valence-corrected chi connectivity index (χ4v) is 8.48. The Labute approximate surface area is 333 Å². The van der Waals surface area contributed by atoms with Crippen LogP contribution in [0.1, 0.15) is 124 Å². The van der Waals surface area contributed by atoms with E-state index in [0.717, 1.165) is 91.3 Å². The molecule has 0 bridgehead atoms. The predicted molar refractivity (Wildman–Crippen MR) is 234 cm³/mol. The molecule has 1 saturated carbocycles. The first-order valence-corrected chi connectivity index (χ1v) is 23.1. The minimum atomic E-state index is 0.0572. The van der Waals surface area contributed by atoms with Crippen molar-refractivity contribution in [2.75, 3.05) is 17.7 Å². The Morgan fingerprint density at radius 2 is 0.957 bits per heavy atom. The molecule has 3 rings (SSSR count). The van der Waals surface area contributed by atoms with Gasteiger partial charge in [-0.15, -0.1) is 0 Å². The van der Waals surface area contributed by atoms with E-state index in [-0.39, 0.29) is 22.9 Å². The van der Waals surface area contributed by atoms with Gasteiger partial charge in [-0.3, -0.25) is 9.98 Å². The summed E-state index contributed by atoms with van der Waals surface area (Å²) in [6, 6.07) is 8.87. The molecule has 256 valence electrons. The third kappa shape index (κ3) is 11.4. The van der Waals surface area contributed by atoms with Crippen LogP contribution in [0, 0.1) is 13.8 Å². The van der Waals surface area contributed by atoms with Gasteiger partial charge in [-0.1, -0.05) is 129 Å². The van der Waals surface area contributed by atoms with Gasteiger partial charge in [0, 0.05) is 23.6 Å². The number of benzene rings is 2. The summed E-state index contributed by atoms with van der Waals surface area (Å²) in [7, 11) is 0. The topological polar surface area (TPSA) is 65.2 Å². The van der Waals surface area contributed by atoms with Gasteiger partial charge in [0.25, 0.3) is 0 Å². The van der Waals surface area contributed by atoms with Crippen LogP contribution in [-0.2, 0) is 10.8 Å². The maximum Gasteiger partial charge on any atom is 0.127 e. The maximum absolute atomic E-state index is 11.1. The lowest BCUT2D eigenvalue weighted by Crippen LogP contribution is -2.27. The number of nitrogens with zero attached hydrogens (tertiary/aromatic N) is 2. The van der Waals surface area contributed by atoms with E-state index in [1.807, 2.05) is 26.3 Å². The van der Waals surface area contributed by atoms with E-state index in [0.29, 0.717) is 11.5 Å². The summed E-state index contributed by atoms with van der Waals surface area (Å²) < 4.78 is 4.63. The molecule has 0 saturated heterocycles. The third-order valence-corrected chi connectivity index (χ3v) is 13.1. The average Bonchev–Trinajstić information content (AvgIpc) is 3.05. The molecule has 0 unspecified atom stereocenters. The Balaban J connectivity index is 1.91. The fourth-order valence-electron chi connectivity index (χ4n) is 6.95. The lowest BCUT2D eigenvalue weighted by Gasteiger charge is -2.31. The van der Waals surface area contributed by atoms with Gasteiger partial charge in [-0.25, -0.2) is 0 Å². The molecule has 8 heteroatoms. The average molecular weight is 1080 g/mol. The molecule has 0 aromatic heterocycles. The van der Waals surface area contributed by atoms with E-state index in [4.69, 9.17) is 9.98 Å². The zero-order chi connectivity index (χ0) is 33.7. The highest BCUT2D eigenvalue weighted by Crippen LogP contribution is 2.39. The van der Waals surface area contributed by atoms with E-state index in [1.54, 1.807) is 0 Å². The van der Waals surface area contributed by atoms with Gasteiger partial charge in [0.1, 0.15) is 11.5 Å². The van der Waals surface area contributed by atoms with Crippen LogP contribution in [0.3, 0.4) is 0 Å². The first-order valence-electron chi connectivity index (χ1n) is 17.0. The summed E-state index contributed by atoms with van der Waals surface area (Å²) in [4.78, 5) is 10.2. The molecule has 2 atom stereocenters. The minimum absolute atomic E-state index is 0.0572. The summed E-state index contributed by atoms with van der Waals surface area (Å²) in [6.45, 7) is 8.81. The first-order chi connectivity index (χ1) is 22.0. The number of aliphatic imine (C=N–C) groups is 2. The van der Waals surface area contributed by atoms with Gasteiger partial charge in [0.15, 0.2) is 0 Å². The van der Waals surface area contributed by atoms with E-state index in [2.05, 4.69) is 128 Å². The molecule has 1 aliphatic rings. The van der Waals surface area contributed by atoms with Crippen molar-refractivity contribution in [3.05, 3.63) is 57.6 Å². The van der Waals surface area contributed by atoms with Crippen LogP contribution in [0.4, 0.5) is 0 Å². The van der Waals surface area contributed by atoms with Crippen molar-refractivity contribution in [1.82, 2.24) is 0 Å². The van der Waals surface area contributed by atoms with Crippen LogP contribution >= 0.6 is 90.4 Å². The number of aryl methyl sites for hydroxylation is 2. The number of hydrogen-bond donors (Lipinski definition) is 2. The van der Waals surface area contributed by atoms with Crippen LogP contribution in [0.25, 0.3) is 0 Å². The lowest BCUT2D eigenvalue weighted by atomic mass is 9.74. The second kappa shape index (κ2) is 20.2. The summed E-state index contributed by atoms with van der Waals surface area (Å²) in [5.41, 5.74) is 6.27. The van der Waals surface area contributed by atoms with Crippen molar-refractivity contribution in [3.8, 4) is 11.5 Å². The highest BCUT2D eigenvalue weighted by molar-refractivity contribution is 14.1. The van der Waals surface area contributed by atoms with Gasteiger partial charge in [-0.2, -0.15) is 0 Å². The SMILES string of the molecule is Cc1cc(C(C)(CCCI)CCCI)cc(/C=N/[C@H]2CCCC[C@@H]2/N=C/c2cc(C(C)(CCCI)CCCI)cc(C)c2O)c1O. The van der Waals surface area contributed by atoms with Crippen LogP contribution in [0.15, 0.2) is 34.3 Å². The molecule has 46 heavy (non-hydrogen) atoms. The summed E-state index contributed by atoms with van der Waals surface area (Å²) >= 11 is 9.93. The number of alkyl halides is 4. The maximum atomic E-state index is 11.1. The Bertz CT molecular complexity index is 1200. The number of hydrogen-bond acceptors (Lipinski definition) is 4. The third-order valence-electron chi connectivity index (χ3n) is 10.0. The molecule has 2 aromatic rings. The Kier molecular flexibility index (Phi) is 17.9. The molecule has 2 aromatic carbocycles. The molecule has 0 amide bonds. The standard InChI is InChI=1S/C38H54I4N2O2/c1-27-21-31(37(3,13-7-17-39)14-8-18-40)23-29(35(27)45)25-43-33-11-5-6-12-34(33)44-26-30-24-32(22-28(2)36(30)46)38(4,15-9-19-41)16-10-20-42/h21-26,33-34,45-46H,5-20H2,1-4H3/b43-25+,44-26+/t33-,34-/m0/s1. The van der Waals surface area contributed by atoms with Gasteiger partial charge >= 0.3 is 0 Å². The monoisotopic (exact) mass is 1080 g/mol. The second-order valence-electron chi connectivity index (χ2n) is 13.7. The number of halogens is 4. The molecule has 0 aliphatic heterocycles. The molecule has 0 heterocycles. The largest absolute Gasteiger partial charge is 0.507 e. The lowest BCUT2D eigenvalue weighted by molar-refractivity contribution is 0.389. The Morgan fingerprint density at radius 3 is 1.26 bits per heavy atom. The van der Waals surface area contributed by atoms with Crippen molar-refractivity contribution < 1.29 is 10.2 Å². The van der Waals surface area contributed by atoms with Crippen LogP contribution < -0.4 is 0 Å². The van der Waals surface area contributed by atoms with Crippen molar-refractivity contribution in [3.63, 3.8) is 0 Å². The minimum Gasteiger partial charge on any atom is -0.507 e. The normalized spacial score (nSPS) is 17.8. The zero-order valence-electron chi connectivity index (χ0n) is 28.2. The molecule has 1 fully saturated rings. The highest BCUT2D eigenvalue weighted by atomic mass is 127. The summed E-state index contributed by atoms with van der Waals surface area (Å²) in [6.07, 6.45) is 17.4. The second-order valence-corrected chi connectivity index (χ2v) is 18.0. The van der Waals surface area contributed by atoms with E-state index in [1.165, 1.54) is 36.8 Å². The molecule has 1 aliphatic carbocycles. The smallest absolute Gasteiger partial charge is 0.127 e. The Hall–Kier alpha value is 0.300. The van der Waals surface area contributed by atoms with Crippen molar-refractivity contribution in [1.29, 1.82) is 0 Å². The quantitative estimate of drug-likeness (QED) is 0.0888. The molecule has 4 nitrogen and oxygen atoms in total. The van der Waals surface area contributed by atoms with Crippen molar-refractivity contribution in [2.24, 2.45) is 9.98 Å². The predicted octanol–water partition coefficient (Wildman–Crippen LogP) is 11.9. The van der Waals surface area contributed by atoms with Gasteiger partial charge in [0.2, 0.25) is 0 Å². The van der Waals surface area contributed by atoms with Gasteiger partial charge in [-0.05, 0) is 141 Å². The summed E-state index contributed by atoms with van der Waals surface area (Å²) in [5, 5.41) is 22.2. The van der Waals surface area contributed by atoms with Crippen molar-refractivity contribution in [2.45, 2.75) is 128 Å². The fraction of sp³-hybridized carbons (Fsp3) is 0.632. The number of phenolic OH excluding ortho intramolecular Hbond substituents is 2. The van der Waals surface area contributed by atoms with Gasteiger partial charge < -0.3 is 10.2 Å². The molecule has 2 N–H and O–H groups in total. The molecular weight excluding hydrogens is 1020 g/mol. The van der Waals surface area contributed by atoms with E-state index >= 15 is 0 Å². The van der Waals surface area contributed by atoms with Crippen LogP contribution in [0.5, 0.6) is 11.5 Å². The molecule has 0 radical (unpaired) electrons. The molecular formula is C38H54I4N2O2. The highest BCUT2D eigenvalue weighted by Gasteiger charge is 2.29.